The lowest BCUT2D eigenvalue weighted by atomic mass is 9.53. The molecular formula is C19H28N4O3S. The van der Waals surface area contributed by atoms with Gasteiger partial charge in [-0.3, -0.25) is 9.59 Å². The highest BCUT2D eigenvalue weighted by atomic mass is 32.1. The largest absolute Gasteiger partial charge is 0.365 e. The fourth-order valence-electron chi connectivity index (χ4n) is 5.16. The van der Waals surface area contributed by atoms with Crippen molar-refractivity contribution >= 4 is 23.2 Å². The molecule has 7 nitrogen and oxygen atoms in total. The van der Waals surface area contributed by atoms with Crippen molar-refractivity contribution in [3.05, 3.63) is 16.1 Å². The van der Waals surface area contributed by atoms with Crippen LogP contribution >= 0.6 is 11.3 Å². The molecule has 27 heavy (non-hydrogen) atoms. The summed E-state index contributed by atoms with van der Waals surface area (Å²) >= 11 is 1.62. The number of hydrogen-bond acceptors (Lipinski definition) is 6. The average Bonchev–Trinajstić information content (AvgIpc) is 3.21. The smallest absolute Gasteiger partial charge is 0.229 e. The second-order valence-electron chi connectivity index (χ2n) is 8.35. The van der Waals surface area contributed by atoms with Crippen LogP contribution in [-0.4, -0.2) is 47.6 Å². The second kappa shape index (κ2) is 6.53. The van der Waals surface area contributed by atoms with Crippen molar-refractivity contribution in [2.45, 2.75) is 63.7 Å². The molecule has 3 N–H and O–H groups in total. The van der Waals surface area contributed by atoms with Crippen molar-refractivity contribution in [1.82, 2.24) is 20.9 Å². The number of nitrogens with one attached hydrogen (secondary N) is 3. The van der Waals surface area contributed by atoms with E-state index >= 15 is 0 Å². The summed E-state index contributed by atoms with van der Waals surface area (Å²) in [6.45, 7) is 7.69. The number of thiazole rings is 1. The summed E-state index contributed by atoms with van der Waals surface area (Å²) in [5.41, 5.74) is -1.32. The van der Waals surface area contributed by atoms with Gasteiger partial charge in [0.15, 0.2) is 0 Å². The van der Waals surface area contributed by atoms with Gasteiger partial charge in [0.1, 0.15) is 0 Å². The van der Waals surface area contributed by atoms with Gasteiger partial charge in [-0.05, 0) is 52.6 Å². The van der Waals surface area contributed by atoms with Gasteiger partial charge in [-0.15, -0.1) is 11.3 Å². The van der Waals surface area contributed by atoms with Gasteiger partial charge in [-0.2, -0.15) is 0 Å². The van der Waals surface area contributed by atoms with Crippen LogP contribution in [0, 0.1) is 12.3 Å². The average molecular weight is 393 g/mol. The first-order chi connectivity index (χ1) is 12.8. The van der Waals surface area contributed by atoms with Crippen LogP contribution in [0.4, 0.5) is 0 Å². The molecule has 4 aliphatic rings. The number of carbonyl (C=O) groups is 2. The molecular weight excluding hydrogens is 364 g/mol. The van der Waals surface area contributed by atoms with E-state index in [0.29, 0.717) is 19.4 Å². The topological polar surface area (TPSA) is 92.4 Å². The molecule has 1 aromatic rings. The summed E-state index contributed by atoms with van der Waals surface area (Å²) in [5.74, 6) is 0.0225. The molecule has 4 heterocycles. The summed E-state index contributed by atoms with van der Waals surface area (Å²) in [7, 11) is 0. The summed E-state index contributed by atoms with van der Waals surface area (Å²) in [6.07, 6.45) is 4.86. The van der Waals surface area contributed by atoms with Crippen LogP contribution in [0.25, 0.3) is 0 Å². The summed E-state index contributed by atoms with van der Waals surface area (Å²) in [4.78, 5) is 30.2. The van der Waals surface area contributed by atoms with Crippen molar-refractivity contribution in [3.8, 4) is 0 Å². The van der Waals surface area contributed by atoms with Crippen LogP contribution in [-0.2, 0) is 14.3 Å². The Morgan fingerprint density at radius 2 is 2.07 bits per heavy atom. The number of aromatic nitrogens is 1. The van der Waals surface area contributed by atoms with Crippen molar-refractivity contribution in [2.75, 3.05) is 19.6 Å². The molecule has 1 aromatic heterocycles. The fourth-order valence-corrected chi connectivity index (χ4v) is 5.95. The molecule has 1 unspecified atom stereocenters. The zero-order valence-electron chi connectivity index (χ0n) is 16.2. The van der Waals surface area contributed by atoms with Gasteiger partial charge in [0.2, 0.25) is 11.8 Å². The molecule has 1 aliphatic carbocycles. The number of aryl methyl sites for hydroxylation is 1. The van der Waals surface area contributed by atoms with Crippen molar-refractivity contribution in [3.63, 3.8) is 0 Å². The number of hydrogen-bond donors (Lipinski definition) is 3. The minimum Gasteiger partial charge on any atom is -0.365 e. The van der Waals surface area contributed by atoms with E-state index in [-0.39, 0.29) is 17.9 Å². The van der Waals surface area contributed by atoms with Gasteiger partial charge in [0.05, 0.1) is 27.7 Å². The van der Waals surface area contributed by atoms with Crippen LogP contribution < -0.4 is 16.0 Å². The Hall–Kier alpha value is -1.51. The van der Waals surface area contributed by atoms with E-state index in [1.807, 2.05) is 20.0 Å². The Labute approximate surface area is 163 Å². The quantitative estimate of drug-likeness (QED) is 0.705. The minimum absolute atomic E-state index is 0.0598. The Bertz CT molecular complexity index is 750. The van der Waals surface area contributed by atoms with Gasteiger partial charge in [-0.25, -0.2) is 4.98 Å². The molecule has 2 amide bonds. The number of rotatable bonds is 5. The molecule has 8 heteroatoms. The highest BCUT2D eigenvalue weighted by Crippen LogP contribution is 2.69. The highest BCUT2D eigenvalue weighted by Gasteiger charge is 2.77. The van der Waals surface area contributed by atoms with E-state index < -0.39 is 16.6 Å². The van der Waals surface area contributed by atoms with Crippen LogP contribution in [0.3, 0.4) is 0 Å². The first-order valence-corrected chi connectivity index (χ1v) is 10.5. The maximum absolute atomic E-state index is 13.4. The molecule has 1 spiro atoms. The molecule has 1 atom stereocenters. The molecule has 5 rings (SSSR count). The van der Waals surface area contributed by atoms with Gasteiger partial charge >= 0.3 is 0 Å². The maximum Gasteiger partial charge on any atom is 0.229 e. The monoisotopic (exact) mass is 392 g/mol. The zero-order chi connectivity index (χ0) is 19.3. The number of amides is 2. The van der Waals surface area contributed by atoms with Crippen LogP contribution in [0.15, 0.2) is 6.20 Å². The standard InChI is InChI=1S/C19H28N4O3S/c1-12(15-8-21-14(3)27-15)23-16(25)18-9-17(10-18,11-22-13(2)24)26-19(18)4-6-20-7-5-19/h8,12,20H,4-7,9-11H2,1-3H3,(H,22,24)(H,23,25). The lowest BCUT2D eigenvalue weighted by Gasteiger charge is -2.48. The summed E-state index contributed by atoms with van der Waals surface area (Å²) in [5, 5.41) is 10.5. The minimum atomic E-state index is -0.498. The van der Waals surface area contributed by atoms with Crippen molar-refractivity contribution < 1.29 is 14.3 Å². The molecule has 1 saturated carbocycles. The zero-order valence-corrected chi connectivity index (χ0v) is 17.0. The third kappa shape index (κ3) is 2.98. The maximum atomic E-state index is 13.4. The Balaban J connectivity index is 1.54. The number of nitrogens with zero attached hydrogens (tertiary/aromatic N) is 1. The molecule has 4 fully saturated rings. The van der Waals surface area contributed by atoms with E-state index in [0.717, 1.165) is 35.8 Å². The van der Waals surface area contributed by atoms with Gasteiger partial charge in [-0.1, -0.05) is 0 Å². The predicted molar refractivity (Wildman–Crippen MR) is 102 cm³/mol. The molecule has 3 aliphatic heterocycles. The first-order valence-electron chi connectivity index (χ1n) is 9.69. The van der Waals surface area contributed by atoms with Crippen molar-refractivity contribution in [1.29, 1.82) is 0 Å². The summed E-state index contributed by atoms with van der Waals surface area (Å²) in [6, 6.07) is -0.0669. The van der Waals surface area contributed by atoms with Gasteiger partial charge in [0.25, 0.3) is 0 Å². The van der Waals surface area contributed by atoms with E-state index in [1.54, 1.807) is 11.3 Å². The van der Waals surface area contributed by atoms with E-state index in [2.05, 4.69) is 20.9 Å². The third-order valence-corrected chi connectivity index (χ3v) is 7.55. The van der Waals surface area contributed by atoms with E-state index in [4.69, 9.17) is 4.74 Å². The number of carbonyl (C=O) groups excluding carboxylic acids is 2. The molecule has 3 saturated heterocycles. The van der Waals surface area contributed by atoms with E-state index in [1.165, 1.54) is 6.92 Å². The highest BCUT2D eigenvalue weighted by molar-refractivity contribution is 7.11. The fraction of sp³-hybridized carbons (Fsp3) is 0.737. The lowest BCUT2D eigenvalue weighted by Crippen LogP contribution is -2.62. The third-order valence-electron chi connectivity index (χ3n) is 6.45. The van der Waals surface area contributed by atoms with Gasteiger partial charge in [0, 0.05) is 24.5 Å². The normalized spacial score (nSPS) is 32.0. The number of piperidine rings is 1. The molecule has 0 radical (unpaired) electrons. The molecule has 2 bridgehead atoms. The predicted octanol–water partition coefficient (Wildman–Crippen LogP) is 1.44. The Morgan fingerprint density at radius 3 is 2.67 bits per heavy atom. The number of ether oxygens (including phenoxy) is 1. The van der Waals surface area contributed by atoms with Crippen molar-refractivity contribution in [2.24, 2.45) is 5.41 Å². The Morgan fingerprint density at radius 1 is 1.37 bits per heavy atom. The van der Waals surface area contributed by atoms with Crippen LogP contribution in [0.1, 0.15) is 55.5 Å². The first kappa shape index (κ1) is 18.8. The summed E-state index contributed by atoms with van der Waals surface area (Å²) < 4.78 is 6.59. The van der Waals surface area contributed by atoms with E-state index in [9.17, 15) is 9.59 Å². The molecule has 0 aromatic carbocycles. The second-order valence-corrected chi connectivity index (χ2v) is 9.62. The van der Waals surface area contributed by atoms with Crippen LogP contribution in [0.5, 0.6) is 0 Å². The Kier molecular flexibility index (Phi) is 4.56. The SMILES string of the molecule is CC(=O)NCC12CC(C(=O)NC(C)c3cnc(C)s3)(C1)C1(CCNCC1)O2. The molecule has 148 valence electrons. The van der Waals surface area contributed by atoms with Crippen LogP contribution in [0.2, 0.25) is 0 Å². The lowest BCUT2D eigenvalue weighted by molar-refractivity contribution is -0.141. The van der Waals surface area contributed by atoms with Gasteiger partial charge < -0.3 is 20.7 Å².